The number of amides is 1. The van der Waals surface area contributed by atoms with Gasteiger partial charge in [0.05, 0.1) is 0 Å². The highest BCUT2D eigenvalue weighted by Crippen LogP contribution is 2.18. The number of hydrogen-bond acceptors (Lipinski definition) is 4. The molecule has 1 unspecified atom stereocenters. The molecule has 1 atom stereocenters. The van der Waals surface area contributed by atoms with E-state index >= 15 is 0 Å². The Bertz CT molecular complexity index is 422. The first-order chi connectivity index (χ1) is 8.74. The van der Waals surface area contributed by atoms with Crippen LogP contribution in [-0.2, 0) is 0 Å². The third-order valence-electron chi connectivity index (χ3n) is 3.19. The molecule has 1 saturated heterocycles. The first kappa shape index (κ1) is 15.7. The Hall–Kier alpha value is -1.33. The molecule has 0 bridgehead atoms. The fourth-order valence-electron chi connectivity index (χ4n) is 2.29. The molecule has 5 nitrogen and oxygen atoms in total. The lowest BCUT2D eigenvalue weighted by Crippen LogP contribution is -2.42. The molecule has 0 radical (unpaired) electrons. The fraction of sp³-hybridized carbons (Fsp3) is 0.538. The Morgan fingerprint density at radius 3 is 3.00 bits per heavy atom. The van der Waals surface area contributed by atoms with Crippen LogP contribution in [0.3, 0.4) is 0 Å². The second-order valence-electron chi connectivity index (χ2n) is 4.52. The van der Waals surface area contributed by atoms with Crippen LogP contribution in [0, 0.1) is 0 Å². The number of aromatic hydroxyl groups is 1. The molecule has 1 aliphatic rings. The first-order valence-corrected chi connectivity index (χ1v) is 6.39. The van der Waals surface area contributed by atoms with Gasteiger partial charge in [-0.3, -0.25) is 4.79 Å². The van der Waals surface area contributed by atoms with Gasteiger partial charge in [-0.2, -0.15) is 0 Å². The lowest BCUT2D eigenvalue weighted by Gasteiger charge is -2.28. The predicted molar refractivity (Wildman–Crippen MR) is 75.8 cm³/mol. The van der Waals surface area contributed by atoms with Crippen LogP contribution in [-0.4, -0.2) is 46.6 Å². The summed E-state index contributed by atoms with van der Waals surface area (Å²) >= 11 is 0. The zero-order valence-electron chi connectivity index (χ0n) is 11.0. The minimum absolute atomic E-state index is 0. The molecule has 1 aromatic rings. The van der Waals surface area contributed by atoms with Gasteiger partial charge in [-0.1, -0.05) is 6.92 Å². The Morgan fingerprint density at radius 1 is 1.63 bits per heavy atom. The third-order valence-corrected chi connectivity index (χ3v) is 3.19. The fourth-order valence-corrected chi connectivity index (χ4v) is 2.29. The molecule has 0 spiro atoms. The van der Waals surface area contributed by atoms with E-state index in [2.05, 4.69) is 10.3 Å². The summed E-state index contributed by atoms with van der Waals surface area (Å²) in [7, 11) is 0. The normalized spacial score (nSPS) is 17.8. The van der Waals surface area contributed by atoms with Crippen molar-refractivity contribution >= 4 is 18.3 Å². The van der Waals surface area contributed by atoms with Gasteiger partial charge < -0.3 is 15.3 Å². The van der Waals surface area contributed by atoms with Crippen molar-refractivity contribution in [1.82, 2.24) is 15.2 Å². The second kappa shape index (κ2) is 7.31. The summed E-state index contributed by atoms with van der Waals surface area (Å²) in [5, 5.41) is 13.0. The topological polar surface area (TPSA) is 65.5 Å². The number of rotatable bonds is 4. The molecule has 2 heterocycles. The van der Waals surface area contributed by atoms with Crippen molar-refractivity contribution in [2.24, 2.45) is 0 Å². The van der Waals surface area contributed by atoms with Gasteiger partial charge in [0.2, 0.25) is 0 Å². The Kier molecular flexibility index (Phi) is 6.05. The molecular weight excluding hydrogens is 266 g/mol. The van der Waals surface area contributed by atoms with Crippen LogP contribution in [0.4, 0.5) is 0 Å². The van der Waals surface area contributed by atoms with Crippen LogP contribution in [0.25, 0.3) is 0 Å². The van der Waals surface area contributed by atoms with Gasteiger partial charge in [0.15, 0.2) is 5.69 Å². The third kappa shape index (κ3) is 3.58. The van der Waals surface area contributed by atoms with Gasteiger partial charge in [0.1, 0.15) is 5.75 Å². The molecule has 0 aromatic carbocycles. The highest BCUT2D eigenvalue weighted by molar-refractivity contribution is 5.95. The highest BCUT2D eigenvalue weighted by atomic mass is 35.5. The summed E-state index contributed by atoms with van der Waals surface area (Å²) in [6, 6.07) is 3.32. The van der Waals surface area contributed by atoms with Gasteiger partial charge in [0.25, 0.3) is 5.91 Å². The Balaban J connectivity index is 0.00000180. The maximum Gasteiger partial charge on any atom is 0.276 e. The van der Waals surface area contributed by atoms with E-state index in [0.717, 1.165) is 25.9 Å². The largest absolute Gasteiger partial charge is 0.505 e. The maximum atomic E-state index is 12.4. The van der Waals surface area contributed by atoms with Crippen LogP contribution < -0.4 is 5.32 Å². The number of nitrogens with zero attached hydrogens (tertiary/aromatic N) is 2. The summed E-state index contributed by atoms with van der Waals surface area (Å²) in [5.74, 6) is -0.224. The zero-order valence-corrected chi connectivity index (χ0v) is 11.8. The predicted octanol–water partition coefficient (Wildman–Crippen LogP) is 1.42. The molecule has 0 saturated carbocycles. The van der Waals surface area contributed by atoms with Crippen molar-refractivity contribution in [2.45, 2.75) is 25.8 Å². The average Bonchev–Trinajstić information content (AvgIpc) is 2.89. The van der Waals surface area contributed by atoms with E-state index in [4.69, 9.17) is 0 Å². The van der Waals surface area contributed by atoms with Crippen LogP contribution in [0.1, 0.15) is 30.3 Å². The minimum Gasteiger partial charge on any atom is -0.505 e. The molecule has 1 aliphatic heterocycles. The molecule has 19 heavy (non-hydrogen) atoms. The molecule has 2 N–H and O–H groups in total. The maximum absolute atomic E-state index is 12.4. The number of nitrogens with one attached hydrogen (secondary N) is 1. The minimum atomic E-state index is -0.177. The molecule has 1 fully saturated rings. The van der Waals surface area contributed by atoms with E-state index in [-0.39, 0.29) is 35.8 Å². The van der Waals surface area contributed by atoms with E-state index in [0.29, 0.717) is 6.54 Å². The molecular formula is C13H20ClN3O2. The summed E-state index contributed by atoms with van der Waals surface area (Å²) in [6.45, 7) is 4.49. The number of hydrogen-bond donors (Lipinski definition) is 2. The van der Waals surface area contributed by atoms with Gasteiger partial charge in [-0.15, -0.1) is 12.4 Å². The smallest absolute Gasteiger partial charge is 0.276 e. The van der Waals surface area contributed by atoms with Gasteiger partial charge in [0, 0.05) is 25.3 Å². The van der Waals surface area contributed by atoms with Crippen molar-refractivity contribution in [1.29, 1.82) is 0 Å². The number of carbonyl (C=O) groups is 1. The molecule has 1 amide bonds. The van der Waals surface area contributed by atoms with E-state index in [1.807, 2.05) is 11.8 Å². The molecule has 1 aromatic heterocycles. The highest BCUT2D eigenvalue weighted by Gasteiger charge is 2.28. The van der Waals surface area contributed by atoms with Crippen LogP contribution >= 0.6 is 12.4 Å². The molecule has 0 aliphatic carbocycles. The lowest BCUT2D eigenvalue weighted by molar-refractivity contribution is 0.0683. The molecule has 6 heteroatoms. The van der Waals surface area contributed by atoms with Crippen molar-refractivity contribution < 1.29 is 9.90 Å². The van der Waals surface area contributed by atoms with Gasteiger partial charge >= 0.3 is 0 Å². The number of carbonyl (C=O) groups excluding carboxylic acids is 1. The quantitative estimate of drug-likeness (QED) is 0.878. The standard InChI is InChI=1S/C13H19N3O2.ClH/c1-2-8-16(10-5-7-14-9-10)13(18)12-11(17)4-3-6-15-12;/h3-4,6,10,14,17H,2,5,7-9H2,1H3;1H. The van der Waals surface area contributed by atoms with Crippen molar-refractivity contribution in [2.75, 3.05) is 19.6 Å². The Morgan fingerprint density at radius 2 is 2.42 bits per heavy atom. The van der Waals surface area contributed by atoms with Crippen LogP contribution in [0.2, 0.25) is 0 Å². The van der Waals surface area contributed by atoms with Crippen LogP contribution in [0.15, 0.2) is 18.3 Å². The summed E-state index contributed by atoms with van der Waals surface area (Å²) in [5.41, 5.74) is 0.151. The SMILES string of the molecule is CCCN(C(=O)c1ncccc1O)C1CCNC1.Cl. The van der Waals surface area contributed by atoms with Crippen molar-refractivity contribution in [3.05, 3.63) is 24.0 Å². The number of aromatic nitrogens is 1. The summed E-state index contributed by atoms with van der Waals surface area (Å²) < 4.78 is 0. The van der Waals surface area contributed by atoms with E-state index in [9.17, 15) is 9.90 Å². The first-order valence-electron chi connectivity index (χ1n) is 6.39. The monoisotopic (exact) mass is 285 g/mol. The van der Waals surface area contributed by atoms with E-state index in [1.54, 1.807) is 6.07 Å². The summed E-state index contributed by atoms with van der Waals surface area (Å²) in [4.78, 5) is 18.2. The van der Waals surface area contributed by atoms with Crippen molar-refractivity contribution in [3.8, 4) is 5.75 Å². The van der Waals surface area contributed by atoms with E-state index in [1.165, 1.54) is 12.3 Å². The molecule has 2 rings (SSSR count). The summed E-state index contributed by atoms with van der Waals surface area (Å²) in [6.07, 6.45) is 3.39. The second-order valence-corrected chi connectivity index (χ2v) is 4.52. The van der Waals surface area contributed by atoms with Crippen LogP contribution in [0.5, 0.6) is 5.75 Å². The zero-order chi connectivity index (χ0) is 13.0. The lowest BCUT2D eigenvalue weighted by atomic mass is 10.2. The average molecular weight is 286 g/mol. The number of halogens is 1. The van der Waals surface area contributed by atoms with Crippen molar-refractivity contribution in [3.63, 3.8) is 0 Å². The Labute approximate surface area is 119 Å². The molecule has 106 valence electrons. The number of pyridine rings is 1. The van der Waals surface area contributed by atoms with Gasteiger partial charge in [-0.25, -0.2) is 4.98 Å². The van der Waals surface area contributed by atoms with Gasteiger partial charge in [-0.05, 0) is 31.5 Å². The van der Waals surface area contributed by atoms with E-state index < -0.39 is 0 Å².